The normalized spacial score (nSPS) is 19.0. The lowest BCUT2D eigenvalue weighted by Crippen LogP contribution is -3.07. The van der Waals surface area contributed by atoms with Crippen molar-refractivity contribution in [1.29, 1.82) is 0 Å². The third-order valence-electron chi connectivity index (χ3n) is 11.6. The van der Waals surface area contributed by atoms with Gasteiger partial charge in [-0.1, -0.05) is 18.2 Å². The van der Waals surface area contributed by atoms with E-state index >= 15 is 0 Å². The Hall–Kier alpha value is -6.00. The Balaban J connectivity index is 1.15. The van der Waals surface area contributed by atoms with Crippen LogP contribution in [-0.4, -0.2) is 94.7 Å². The van der Waals surface area contributed by atoms with E-state index in [1.807, 2.05) is 31.3 Å². The molecule has 4 aromatic carbocycles. The van der Waals surface area contributed by atoms with Crippen molar-refractivity contribution in [3.8, 4) is 5.75 Å². The number of carbonyl (C=O) groups excluding carboxylic acids is 3. The van der Waals surface area contributed by atoms with Crippen LogP contribution in [0.1, 0.15) is 36.8 Å². The minimum Gasteiger partial charge on any atom is -0.456 e. The smallest absolute Gasteiger partial charge is 0.336 e. The fourth-order valence-electron chi connectivity index (χ4n) is 7.98. The number of hydrogen-bond acceptors (Lipinski definition) is 12. The van der Waals surface area contributed by atoms with Crippen LogP contribution in [0, 0.1) is 5.92 Å². The quantitative estimate of drug-likeness (QED) is 0.144. The average molecular weight is 918 g/mol. The summed E-state index contributed by atoms with van der Waals surface area (Å²) in [6.07, 6.45) is 5.74. The molecule has 4 aliphatic rings. The first-order valence-electron chi connectivity index (χ1n) is 19.7. The van der Waals surface area contributed by atoms with E-state index < -0.39 is 54.0 Å². The Bertz CT molecular complexity index is 2960. The van der Waals surface area contributed by atoms with Gasteiger partial charge in [-0.2, -0.15) is 21.1 Å². The average Bonchev–Trinajstić information content (AvgIpc) is 3.59. The Labute approximate surface area is 363 Å². The Morgan fingerprint density at radius 3 is 2.00 bits per heavy atom. The van der Waals surface area contributed by atoms with E-state index in [4.69, 9.17) is 9.57 Å². The van der Waals surface area contributed by atoms with Gasteiger partial charge in [-0.25, -0.2) is 13.2 Å². The van der Waals surface area contributed by atoms with Crippen LogP contribution in [-0.2, 0) is 49.5 Å². The maximum atomic E-state index is 14.6. The molecule has 1 aliphatic carbocycles. The van der Waals surface area contributed by atoms with Crippen molar-refractivity contribution in [3.63, 3.8) is 0 Å². The van der Waals surface area contributed by atoms with E-state index in [0.29, 0.717) is 55.9 Å². The molecule has 0 aromatic heterocycles. The second-order valence-corrected chi connectivity index (χ2v) is 20.1. The Morgan fingerprint density at radius 2 is 1.38 bits per heavy atom. The lowest BCUT2D eigenvalue weighted by atomic mass is 9.86. The van der Waals surface area contributed by atoms with Crippen molar-refractivity contribution < 1.29 is 63.2 Å². The highest BCUT2D eigenvalue weighted by Gasteiger charge is 2.39. The van der Waals surface area contributed by atoms with Crippen LogP contribution in [0.25, 0.3) is 5.57 Å². The molecule has 3 N–H and O–H groups in total. The first-order chi connectivity index (χ1) is 29.8. The number of piperidine rings is 1. The number of sulfonamides is 1. The minimum atomic E-state index is -4.41. The van der Waals surface area contributed by atoms with Crippen LogP contribution in [0.4, 0.5) is 17.1 Å². The highest BCUT2D eigenvalue weighted by molar-refractivity contribution is 7.89. The second kappa shape index (κ2) is 16.6. The number of fused-ring (bicyclic) bond motifs is 2. The fourth-order valence-corrected chi connectivity index (χ4v) is 10.6. The van der Waals surface area contributed by atoms with Crippen molar-refractivity contribution >= 4 is 70.7 Å². The van der Waals surface area contributed by atoms with E-state index in [0.717, 1.165) is 4.90 Å². The summed E-state index contributed by atoms with van der Waals surface area (Å²) in [6.45, 7) is -0.0597. The molecule has 2 fully saturated rings. The molecule has 0 saturated carbocycles. The first kappa shape index (κ1) is 43.6. The number of carbonyl (C=O) groups is 3. The number of benzene rings is 4. The molecule has 0 bridgehead atoms. The van der Waals surface area contributed by atoms with Gasteiger partial charge in [-0.15, -0.1) is 5.06 Å². The number of anilines is 2. The lowest BCUT2D eigenvalue weighted by Gasteiger charge is -2.33. The van der Waals surface area contributed by atoms with Gasteiger partial charge in [-0.3, -0.25) is 23.6 Å². The number of amides is 2. The molecule has 4 aromatic rings. The number of allylic oxidation sites excluding steroid dienone is 1. The maximum absolute atomic E-state index is 14.6. The zero-order valence-corrected chi connectivity index (χ0v) is 36.2. The van der Waals surface area contributed by atoms with Crippen molar-refractivity contribution in [2.75, 3.05) is 32.1 Å². The summed E-state index contributed by atoms with van der Waals surface area (Å²) in [5.41, 5.74) is 4.01. The van der Waals surface area contributed by atoms with Gasteiger partial charge in [0.15, 0.2) is 0 Å². The van der Waals surface area contributed by atoms with Crippen LogP contribution in [0.3, 0.4) is 0 Å². The standard InChI is InChI=1S/C43H40N4O13S3/c1-44(28-7-13-32(14-8-28)62(53,54)55)30-11-17-34-37(25-30)59-38-26-31(45(2)29-9-15-33(16-10-29)63(56,57)58)12-18-35(38)42(34)36-5-3-4-6-39(36)61(51,52)46-23-21-27(22-24-46)43(50)60-47-40(48)19-20-41(47)49/h3-18,25-27,30H,19-24H2,1-2H3,(H,53,54,55)(H,56,57,58)/p+1. The first-order valence-corrected chi connectivity index (χ1v) is 24.0. The van der Waals surface area contributed by atoms with Crippen molar-refractivity contribution in [2.24, 2.45) is 5.92 Å². The van der Waals surface area contributed by atoms with Crippen LogP contribution in [0.5, 0.6) is 5.75 Å². The summed E-state index contributed by atoms with van der Waals surface area (Å²) in [7, 11) is -9.39. The van der Waals surface area contributed by atoms with Crippen LogP contribution >= 0.6 is 0 Å². The molecule has 328 valence electrons. The van der Waals surface area contributed by atoms with E-state index in [1.54, 1.807) is 54.4 Å². The lowest BCUT2D eigenvalue weighted by molar-refractivity contribution is -0.823. The predicted octanol–water partition coefficient (Wildman–Crippen LogP) is 3.82. The minimum absolute atomic E-state index is 0.00583. The van der Waals surface area contributed by atoms with E-state index in [9.17, 15) is 48.7 Å². The summed E-state index contributed by atoms with van der Waals surface area (Å²) in [5, 5.41) is 0.487. The zero-order chi connectivity index (χ0) is 45.0. The number of nitrogens with one attached hydrogen (secondary N) is 1. The second-order valence-electron chi connectivity index (χ2n) is 15.4. The molecule has 63 heavy (non-hydrogen) atoms. The monoisotopic (exact) mass is 917 g/mol. The number of rotatable bonds is 11. The van der Waals surface area contributed by atoms with Gasteiger partial charge in [0, 0.05) is 90.9 Å². The topological polar surface area (TPSA) is 227 Å². The predicted molar refractivity (Wildman–Crippen MR) is 226 cm³/mol. The third kappa shape index (κ3) is 8.57. The van der Waals surface area contributed by atoms with E-state index in [-0.39, 0.29) is 59.5 Å². The van der Waals surface area contributed by atoms with E-state index in [1.165, 1.54) is 46.8 Å². The van der Waals surface area contributed by atoms with Gasteiger partial charge < -0.3 is 14.5 Å². The number of imide groups is 1. The van der Waals surface area contributed by atoms with Gasteiger partial charge >= 0.3 is 5.97 Å². The van der Waals surface area contributed by atoms with Crippen molar-refractivity contribution in [2.45, 2.75) is 46.4 Å². The number of nitrogens with zero attached hydrogens (tertiary/aromatic N) is 3. The molecule has 2 unspecified atom stereocenters. The molecular weight excluding hydrogens is 877 g/mol. The summed E-state index contributed by atoms with van der Waals surface area (Å²) in [5.74, 6) is -1.92. The van der Waals surface area contributed by atoms with Gasteiger partial charge in [-0.05, 0) is 79.6 Å². The molecule has 17 nitrogen and oxygen atoms in total. The molecule has 0 radical (unpaired) electrons. The number of ether oxygens (including phenoxy) is 1. The van der Waals surface area contributed by atoms with Crippen molar-refractivity contribution in [1.82, 2.24) is 9.37 Å². The number of hydrogen-bond donors (Lipinski definition) is 3. The largest absolute Gasteiger partial charge is 0.456 e. The van der Waals surface area contributed by atoms with Crippen LogP contribution < -0.4 is 14.5 Å². The molecule has 20 heteroatoms. The van der Waals surface area contributed by atoms with Crippen LogP contribution in [0.2, 0.25) is 0 Å². The molecule has 2 saturated heterocycles. The molecule has 8 rings (SSSR count). The molecule has 3 aliphatic heterocycles. The van der Waals surface area contributed by atoms with Crippen molar-refractivity contribution in [3.05, 3.63) is 132 Å². The fraction of sp³-hybridized carbons (Fsp3) is 0.233. The van der Waals surface area contributed by atoms with Gasteiger partial charge in [0.2, 0.25) is 10.0 Å². The number of likely N-dealkylation sites (N-methyl/N-ethyl adjacent to an activating group) is 1. The number of hydroxylamine groups is 2. The van der Waals surface area contributed by atoms with Crippen LogP contribution in [0.15, 0.2) is 135 Å². The summed E-state index contributed by atoms with van der Waals surface area (Å²) >= 11 is 0. The van der Waals surface area contributed by atoms with Gasteiger partial charge in [0.25, 0.3) is 32.1 Å². The summed E-state index contributed by atoms with van der Waals surface area (Å²) < 4.78 is 103. The Morgan fingerprint density at radius 1 is 0.794 bits per heavy atom. The Kier molecular flexibility index (Phi) is 11.5. The maximum Gasteiger partial charge on any atom is 0.336 e. The molecule has 2 atom stereocenters. The molecule has 0 spiro atoms. The van der Waals surface area contributed by atoms with Gasteiger partial charge in [0.1, 0.15) is 23.2 Å². The van der Waals surface area contributed by atoms with Gasteiger partial charge in [0.05, 0.1) is 27.7 Å². The highest BCUT2D eigenvalue weighted by atomic mass is 32.2. The number of quaternary nitrogens is 1. The summed E-state index contributed by atoms with van der Waals surface area (Å²) in [6, 6.07) is 23.0. The molecular formula is C43H41N4O13S3+. The van der Waals surface area contributed by atoms with E-state index in [2.05, 4.69) is 0 Å². The molecule has 3 heterocycles. The summed E-state index contributed by atoms with van der Waals surface area (Å²) in [4.78, 5) is 44.2. The SMILES string of the molecule is CN(c1ccc(S(=O)(=O)O)cc1)c1ccc2c(c1)OC1=CC([NH+](C)c3ccc(S(=O)(=O)O)cc3)C=CC1=C2c1ccccc1S(=O)(=O)N1CCC(C(=O)ON2C(=O)CCC2=O)CC1. The highest BCUT2D eigenvalue weighted by Crippen LogP contribution is 2.46. The zero-order valence-electron chi connectivity index (χ0n) is 33.7. The molecule has 2 amide bonds. The third-order valence-corrected chi connectivity index (χ3v) is 15.2.